The molecule has 1 amide bonds. The minimum atomic E-state index is -0.132. The van der Waals surface area contributed by atoms with Gasteiger partial charge in [-0.15, -0.1) is 11.8 Å². The summed E-state index contributed by atoms with van der Waals surface area (Å²) >= 11 is 1.70. The standard InChI is InChI=1S/C19H23NO3S/c1-4-22-17-11-8-15(12-18(17)23-5-2)19(21)20-13-14-6-9-16(24-3)10-7-14/h6-12H,4-5,13H2,1-3H3,(H,20,21). The Bertz CT molecular complexity index is 671. The minimum Gasteiger partial charge on any atom is -0.490 e. The van der Waals surface area contributed by atoms with E-state index in [-0.39, 0.29) is 5.91 Å². The molecule has 128 valence electrons. The van der Waals surface area contributed by atoms with Crippen molar-refractivity contribution in [1.82, 2.24) is 5.32 Å². The van der Waals surface area contributed by atoms with E-state index in [1.165, 1.54) is 4.90 Å². The number of benzene rings is 2. The van der Waals surface area contributed by atoms with Crippen LogP contribution >= 0.6 is 11.8 Å². The average Bonchev–Trinajstić information content (AvgIpc) is 2.62. The highest BCUT2D eigenvalue weighted by atomic mass is 32.2. The smallest absolute Gasteiger partial charge is 0.251 e. The van der Waals surface area contributed by atoms with Gasteiger partial charge in [0.2, 0.25) is 0 Å². The number of carbonyl (C=O) groups is 1. The largest absolute Gasteiger partial charge is 0.490 e. The number of rotatable bonds is 8. The Balaban J connectivity index is 2.04. The first-order valence-electron chi connectivity index (χ1n) is 7.98. The van der Waals surface area contributed by atoms with E-state index in [0.717, 1.165) is 5.56 Å². The molecule has 0 aliphatic heterocycles. The summed E-state index contributed by atoms with van der Waals surface area (Å²) in [6.07, 6.45) is 2.04. The predicted molar refractivity (Wildman–Crippen MR) is 98.2 cm³/mol. The molecule has 0 spiro atoms. The van der Waals surface area contributed by atoms with Crippen molar-refractivity contribution in [1.29, 1.82) is 0 Å². The molecule has 2 aromatic carbocycles. The van der Waals surface area contributed by atoms with Crippen LogP contribution in [-0.4, -0.2) is 25.4 Å². The molecule has 2 rings (SSSR count). The van der Waals surface area contributed by atoms with E-state index in [2.05, 4.69) is 17.4 Å². The number of hydrogen-bond donors (Lipinski definition) is 1. The second-order valence-corrected chi connectivity index (χ2v) is 5.94. The fourth-order valence-corrected chi connectivity index (χ4v) is 2.63. The number of thioether (sulfide) groups is 1. The van der Waals surface area contributed by atoms with E-state index >= 15 is 0 Å². The molecule has 2 aromatic rings. The molecule has 1 N–H and O–H groups in total. The molecule has 5 heteroatoms. The SMILES string of the molecule is CCOc1ccc(C(=O)NCc2ccc(SC)cc2)cc1OCC. The van der Waals surface area contributed by atoms with Crippen molar-refractivity contribution < 1.29 is 14.3 Å². The van der Waals surface area contributed by atoms with E-state index in [9.17, 15) is 4.79 Å². The summed E-state index contributed by atoms with van der Waals surface area (Å²) < 4.78 is 11.1. The molecule has 24 heavy (non-hydrogen) atoms. The van der Waals surface area contributed by atoms with Crippen molar-refractivity contribution in [3.05, 3.63) is 53.6 Å². The quantitative estimate of drug-likeness (QED) is 0.731. The molecule has 0 heterocycles. The fraction of sp³-hybridized carbons (Fsp3) is 0.316. The molecular formula is C19H23NO3S. The van der Waals surface area contributed by atoms with Crippen molar-refractivity contribution >= 4 is 17.7 Å². The number of nitrogens with one attached hydrogen (secondary N) is 1. The van der Waals surface area contributed by atoms with Crippen LogP contribution in [0.3, 0.4) is 0 Å². The second-order valence-electron chi connectivity index (χ2n) is 5.06. The van der Waals surface area contributed by atoms with Gasteiger partial charge in [-0.05, 0) is 56.0 Å². The van der Waals surface area contributed by atoms with Gasteiger partial charge < -0.3 is 14.8 Å². The first-order valence-corrected chi connectivity index (χ1v) is 9.21. The maximum Gasteiger partial charge on any atom is 0.251 e. The number of hydrogen-bond acceptors (Lipinski definition) is 4. The highest BCUT2D eigenvalue weighted by Gasteiger charge is 2.11. The molecule has 0 aromatic heterocycles. The van der Waals surface area contributed by atoms with Crippen LogP contribution in [0.1, 0.15) is 29.8 Å². The maximum absolute atomic E-state index is 12.4. The Morgan fingerprint density at radius 1 is 1.00 bits per heavy atom. The molecule has 0 fully saturated rings. The van der Waals surface area contributed by atoms with E-state index in [4.69, 9.17) is 9.47 Å². The lowest BCUT2D eigenvalue weighted by atomic mass is 10.1. The third-order valence-corrected chi connectivity index (χ3v) is 4.16. The highest BCUT2D eigenvalue weighted by Crippen LogP contribution is 2.28. The Morgan fingerprint density at radius 3 is 2.29 bits per heavy atom. The first kappa shape index (κ1) is 18.2. The molecule has 4 nitrogen and oxygen atoms in total. The van der Waals surface area contributed by atoms with Crippen LogP contribution in [0.25, 0.3) is 0 Å². The van der Waals surface area contributed by atoms with Gasteiger partial charge in [-0.2, -0.15) is 0 Å². The van der Waals surface area contributed by atoms with Crippen molar-refractivity contribution in [3.63, 3.8) is 0 Å². The van der Waals surface area contributed by atoms with E-state index < -0.39 is 0 Å². The predicted octanol–water partition coefficient (Wildman–Crippen LogP) is 4.14. The third kappa shape index (κ3) is 4.93. The minimum absolute atomic E-state index is 0.132. The van der Waals surface area contributed by atoms with Crippen LogP contribution in [0.2, 0.25) is 0 Å². The normalized spacial score (nSPS) is 10.3. The van der Waals surface area contributed by atoms with Crippen LogP contribution in [0.15, 0.2) is 47.4 Å². The Labute approximate surface area is 147 Å². The van der Waals surface area contributed by atoms with Gasteiger partial charge in [0.15, 0.2) is 11.5 Å². The van der Waals surface area contributed by atoms with Gasteiger partial charge in [-0.3, -0.25) is 4.79 Å². The van der Waals surface area contributed by atoms with E-state index in [1.54, 1.807) is 30.0 Å². The monoisotopic (exact) mass is 345 g/mol. The van der Waals surface area contributed by atoms with Crippen molar-refractivity contribution in [2.24, 2.45) is 0 Å². The van der Waals surface area contributed by atoms with Crippen molar-refractivity contribution in [2.75, 3.05) is 19.5 Å². The Kier molecular flexibility index (Phi) is 7.00. The maximum atomic E-state index is 12.4. The molecule has 0 saturated carbocycles. The topological polar surface area (TPSA) is 47.6 Å². The van der Waals surface area contributed by atoms with E-state index in [0.29, 0.717) is 36.8 Å². The number of carbonyl (C=O) groups excluding carboxylic acids is 1. The van der Waals surface area contributed by atoms with Crippen molar-refractivity contribution in [2.45, 2.75) is 25.3 Å². The third-order valence-electron chi connectivity index (χ3n) is 3.42. The highest BCUT2D eigenvalue weighted by molar-refractivity contribution is 7.98. The number of ether oxygens (including phenoxy) is 2. The lowest BCUT2D eigenvalue weighted by Gasteiger charge is -2.12. The van der Waals surface area contributed by atoms with Gasteiger partial charge in [-0.1, -0.05) is 12.1 Å². The average molecular weight is 345 g/mol. The molecule has 0 aliphatic rings. The van der Waals surface area contributed by atoms with Gasteiger partial charge >= 0.3 is 0 Å². The Morgan fingerprint density at radius 2 is 1.67 bits per heavy atom. The summed E-state index contributed by atoms with van der Waals surface area (Å²) in [6, 6.07) is 13.4. The zero-order valence-corrected chi connectivity index (χ0v) is 15.1. The Hall–Kier alpha value is -2.14. The molecule has 0 radical (unpaired) electrons. The lowest BCUT2D eigenvalue weighted by Crippen LogP contribution is -2.22. The van der Waals surface area contributed by atoms with Crippen LogP contribution < -0.4 is 14.8 Å². The van der Waals surface area contributed by atoms with E-state index in [1.807, 2.05) is 32.2 Å². The second kappa shape index (κ2) is 9.23. The zero-order chi connectivity index (χ0) is 17.4. The summed E-state index contributed by atoms with van der Waals surface area (Å²) in [4.78, 5) is 13.6. The van der Waals surface area contributed by atoms with Gasteiger partial charge in [0, 0.05) is 17.0 Å². The first-order chi connectivity index (χ1) is 11.7. The fourth-order valence-electron chi connectivity index (χ4n) is 2.22. The van der Waals surface area contributed by atoms with Crippen molar-refractivity contribution in [3.8, 4) is 11.5 Å². The van der Waals surface area contributed by atoms with Gasteiger partial charge in [0.1, 0.15) is 0 Å². The van der Waals surface area contributed by atoms with Crippen LogP contribution in [0.5, 0.6) is 11.5 Å². The van der Waals surface area contributed by atoms with Gasteiger partial charge in [0.05, 0.1) is 13.2 Å². The molecule has 0 atom stereocenters. The van der Waals surface area contributed by atoms with Gasteiger partial charge in [-0.25, -0.2) is 0 Å². The molecular weight excluding hydrogens is 322 g/mol. The summed E-state index contributed by atoms with van der Waals surface area (Å²) in [6.45, 7) is 5.38. The molecule has 0 bridgehead atoms. The summed E-state index contributed by atoms with van der Waals surface area (Å²) in [5.74, 6) is 1.12. The lowest BCUT2D eigenvalue weighted by molar-refractivity contribution is 0.0950. The van der Waals surface area contributed by atoms with Crippen LogP contribution in [0, 0.1) is 0 Å². The van der Waals surface area contributed by atoms with Gasteiger partial charge in [0.25, 0.3) is 5.91 Å². The summed E-state index contributed by atoms with van der Waals surface area (Å²) in [7, 11) is 0. The van der Waals surface area contributed by atoms with Crippen LogP contribution in [-0.2, 0) is 6.54 Å². The molecule has 0 saturated heterocycles. The number of amides is 1. The molecule has 0 unspecified atom stereocenters. The zero-order valence-electron chi connectivity index (χ0n) is 14.3. The summed E-state index contributed by atoms with van der Waals surface area (Å²) in [5.41, 5.74) is 1.62. The molecule has 0 aliphatic carbocycles. The summed E-state index contributed by atoms with van der Waals surface area (Å²) in [5, 5.41) is 2.93. The van der Waals surface area contributed by atoms with Crippen LogP contribution in [0.4, 0.5) is 0 Å².